The van der Waals surface area contributed by atoms with Gasteiger partial charge in [-0.25, -0.2) is 14.8 Å². The number of pyridine rings is 1. The Kier molecular flexibility index (Phi) is 7.51. The van der Waals surface area contributed by atoms with Gasteiger partial charge in [-0.05, 0) is 42.6 Å². The third-order valence-corrected chi connectivity index (χ3v) is 6.40. The van der Waals surface area contributed by atoms with Crippen LogP contribution in [0.4, 0.5) is 5.82 Å². The van der Waals surface area contributed by atoms with E-state index in [9.17, 15) is 9.59 Å². The monoisotopic (exact) mass is 495 g/mol. The first-order chi connectivity index (χ1) is 16.5. The zero-order valence-corrected chi connectivity index (χ0v) is 19.8. The highest BCUT2D eigenvalue weighted by molar-refractivity contribution is 7.10. The zero-order chi connectivity index (χ0) is 23.9. The van der Waals surface area contributed by atoms with Gasteiger partial charge in [-0.15, -0.1) is 22.7 Å². The van der Waals surface area contributed by atoms with Crippen LogP contribution in [0.3, 0.4) is 0 Å². The Bertz CT molecular complexity index is 1270. The van der Waals surface area contributed by atoms with Gasteiger partial charge in [-0.1, -0.05) is 6.07 Å². The number of rotatable bonds is 10. The summed E-state index contributed by atoms with van der Waals surface area (Å²) in [7, 11) is 0. The number of anilines is 1. The molecule has 0 atom stereocenters. The predicted molar refractivity (Wildman–Crippen MR) is 130 cm³/mol. The van der Waals surface area contributed by atoms with Crippen molar-refractivity contribution in [3.63, 3.8) is 0 Å². The van der Waals surface area contributed by atoms with E-state index in [0.29, 0.717) is 23.7 Å². The Morgan fingerprint density at radius 2 is 1.88 bits per heavy atom. The SMILES string of the molecule is Cc1nc(COc2cc(OCCc3cccs3)cc(C(=O)Nc3ccc(C(=O)O)cn3)c2)cs1. The molecule has 0 aliphatic rings. The molecule has 174 valence electrons. The van der Waals surface area contributed by atoms with Gasteiger partial charge in [0.2, 0.25) is 0 Å². The number of carbonyl (C=O) groups is 2. The number of aromatic nitrogens is 2. The van der Waals surface area contributed by atoms with Crippen molar-refractivity contribution in [3.8, 4) is 11.5 Å². The van der Waals surface area contributed by atoms with Crippen molar-refractivity contribution in [2.75, 3.05) is 11.9 Å². The highest BCUT2D eigenvalue weighted by Gasteiger charge is 2.13. The standard InChI is InChI=1S/C24H21N3O5S2/c1-15-26-18(14-34-15)13-32-20-10-17(9-19(11-20)31-7-6-21-3-2-8-33-21)23(28)27-22-5-4-16(12-25-22)24(29)30/h2-5,8-12,14H,6-7,13H2,1H3,(H,29,30)(H,25,27,28). The largest absolute Gasteiger partial charge is 0.493 e. The topological polar surface area (TPSA) is 111 Å². The first-order valence-corrected chi connectivity index (χ1v) is 12.1. The molecule has 0 bridgehead atoms. The van der Waals surface area contributed by atoms with Crippen molar-refractivity contribution >= 4 is 40.4 Å². The van der Waals surface area contributed by atoms with E-state index in [1.165, 1.54) is 23.2 Å². The fourth-order valence-corrected chi connectivity index (χ4v) is 4.30. The van der Waals surface area contributed by atoms with Crippen LogP contribution in [-0.4, -0.2) is 33.6 Å². The summed E-state index contributed by atoms with van der Waals surface area (Å²) in [6, 6.07) is 11.8. The Hall–Kier alpha value is -3.76. The number of ether oxygens (including phenoxy) is 2. The van der Waals surface area contributed by atoms with Gasteiger partial charge in [-0.3, -0.25) is 4.79 Å². The smallest absolute Gasteiger partial charge is 0.337 e. The van der Waals surface area contributed by atoms with Gasteiger partial charge in [0.25, 0.3) is 5.91 Å². The lowest BCUT2D eigenvalue weighted by Gasteiger charge is -2.12. The molecule has 0 unspecified atom stereocenters. The molecule has 0 saturated carbocycles. The molecule has 1 amide bonds. The second kappa shape index (κ2) is 10.9. The molecule has 0 spiro atoms. The van der Waals surface area contributed by atoms with E-state index in [1.54, 1.807) is 40.9 Å². The Morgan fingerprint density at radius 3 is 2.53 bits per heavy atom. The lowest BCUT2D eigenvalue weighted by molar-refractivity contribution is 0.0696. The summed E-state index contributed by atoms with van der Waals surface area (Å²) in [6.45, 7) is 2.65. The van der Waals surface area contributed by atoms with Gasteiger partial charge < -0.3 is 19.9 Å². The van der Waals surface area contributed by atoms with Crippen LogP contribution in [0.1, 0.15) is 36.3 Å². The van der Waals surface area contributed by atoms with Gasteiger partial charge in [-0.2, -0.15) is 0 Å². The number of hydrogen-bond acceptors (Lipinski definition) is 8. The fourth-order valence-electron chi connectivity index (χ4n) is 3.01. The van der Waals surface area contributed by atoms with Crippen molar-refractivity contribution < 1.29 is 24.2 Å². The molecule has 4 aromatic rings. The highest BCUT2D eigenvalue weighted by atomic mass is 32.1. The van der Waals surface area contributed by atoms with Gasteiger partial charge in [0.15, 0.2) is 0 Å². The Labute approximate surface area is 203 Å². The summed E-state index contributed by atoms with van der Waals surface area (Å²) in [5, 5.41) is 16.6. The molecule has 8 nitrogen and oxygen atoms in total. The van der Waals surface area contributed by atoms with Crippen LogP contribution in [0.25, 0.3) is 0 Å². The number of thiophene rings is 1. The molecule has 3 heterocycles. The van der Waals surface area contributed by atoms with Crippen LogP contribution < -0.4 is 14.8 Å². The van der Waals surface area contributed by atoms with Gasteiger partial charge in [0.05, 0.1) is 22.9 Å². The van der Waals surface area contributed by atoms with Crippen LogP contribution in [0.2, 0.25) is 0 Å². The van der Waals surface area contributed by atoms with E-state index >= 15 is 0 Å². The number of aryl methyl sites for hydroxylation is 1. The fraction of sp³-hybridized carbons (Fsp3) is 0.167. The Balaban J connectivity index is 1.49. The summed E-state index contributed by atoms with van der Waals surface area (Å²) < 4.78 is 11.8. The van der Waals surface area contributed by atoms with E-state index in [4.69, 9.17) is 14.6 Å². The summed E-state index contributed by atoms with van der Waals surface area (Å²) in [5.74, 6) is -0.301. The first kappa shape index (κ1) is 23.4. The second-order valence-corrected chi connectivity index (χ2v) is 9.30. The number of thiazole rings is 1. The quantitative estimate of drug-likeness (QED) is 0.316. The normalized spacial score (nSPS) is 10.6. The maximum Gasteiger partial charge on any atom is 0.337 e. The lowest BCUT2D eigenvalue weighted by Crippen LogP contribution is -2.14. The van der Waals surface area contributed by atoms with Crippen LogP contribution >= 0.6 is 22.7 Å². The minimum absolute atomic E-state index is 0.0344. The molecule has 1 aromatic carbocycles. The summed E-state index contributed by atoms with van der Waals surface area (Å²) in [6.07, 6.45) is 1.94. The van der Waals surface area contributed by atoms with Crippen LogP contribution in [0, 0.1) is 6.92 Å². The molecule has 0 radical (unpaired) electrons. The summed E-state index contributed by atoms with van der Waals surface area (Å²) in [5.41, 5.74) is 1.16. The van der Waals surface area contributed by atoms with Crippen LogP contribution in [0.5, 0.6) is 11.5 Å². The number of nitrogens with zero attached hydrogens (tertiary/aromatic N) is 2. The maximum absolute atomic E-state index is 12.9. The number of carboxylic acid groups (broad SMARTS) is 1. The molecule has 0 aliphatic heterocycles. The average Bonchev–Trinajstić information content (AvgIpc) is 3.49. The van der Waals surface area contributed by atoms with Crippen LogP contribution in [0.15, 0.2) is 59.4 Å². The molecule has 0 saturated heterocycles. The van der Waals surface area contributed by atoms with Gasteiger partial charge in [0, 0.05) is 34.5 Å². The molecule has 0 aliphatic carbocycles. The molecule has 3 aromatic heterocycles. The van der Waals surface area contributed by atoms with Crippen molar-refractivity contribution in [1.82, 2.24) is 9.97 Å². The molecule has 2 N–H and O–H groups in total. The number of amides is 1. The molecule has 0 fully saturated rings. The van der Waals surface area contributed by atoms with E-state index < -0.39 is 11.9 Å². The second-order valence-electron chi connectivity index (χ2n) is 7.21. The average molecular weight is 496 g/mol. The third kappa shape index (κ3) is 6.40. The van der Waals surface area contributed by atoms with Crippen molar-refractivity contribution in [2.45, 2.75) is 20.0 Å². The third-order valence-electron chi connectivity index (χ3n) is 4.64. The number of hydrogen-bond donors (Lipinski definition) is 2. The zero-order valence-electron chi connectivity index (χ0n) is 18.2. The molecule has 34 heavy (non-hydrogen) atoms. The number of carboxylic acids is 1. The number of aromatic carboxylic acids is 1. The van der Waals surface area contributed by atoms with Crippen molar-refractivity contribution in [1.29, 1.82) is 0 Å². The molecule has 4 rings (SSSR count). The number of benzene rings is 1. The highest BCUT2D eigenvalue weighted by Crippen LogP contribution is 2.25. The van der Waals surface area contributed by atoms with Crippen molar-refractivity contribution in [2.24, 2.45) is 0 Å². The predicted octanol–water partition coefficient (Wildman–Crippen LogP) is 5.06. The van der Waals surface area contributed by atoms with E-state index in [2.05, 4.69) is 15.3 Å². The summed E-state index contributed by atoms with van der Waals surface area (Å²) >= 11 is 3.20. The minimum Gasteiger partial charge on any atom is -0.493 e. The number of carbonyl (C=O) groups excluding carboxylic acids is 1. The lowest BCUT2D eigenvalue weighted by atomic mass is 10.2. The molecule has 10 heteroatoms. The van der Waals surface area contributed by atoms with Gasteiger partial charge >= 0.3 is 5.97 Å². The summed E-state index contributed by atoms with van der Waals surface area (Å²) in [4.78, 5) is 33.5. The van der Waals surface area contributed by atoms with Crippen molar-refractivity contribution in [3.05, 3.63) is 86.1 Å². The maximum atomic E-state index is 12.9. The Morgan fingerprint density at radius 1 is 1.06 bits per heavy atom. The van der Waals surface area contributed by atoms with E-state index in [-0.39, 0.29) is 18.0 Å². The van der Waals surface area contributed by atoms with E-state index in [1.807, 2.05) is 29.8 Å². The number of nitrogens with one attached hydrogen (secondary N) is 1. The van der Waals surface area contributed by atoms with E-state index in [0.717, 1.165) is 17.1 Å². The van der Waals surface area contributed by atoms with Gasteiger partial charge in [0.1, 0.15) is 23.9 Å². The molecular formula is C24H21N3O5S2. The minimum atomic E-state index is -1.09. The molecular weight excluding hydrogens is 474 g/mol. The van der Waals surface area contributed by atoms with Crippen LogP contribution in [-0.2, 0) is 13.0 Å². The first-order valence-electron chi connectivity index (χ1n) is 10.3.